The Morgan fingerprint density at radius 3 is 2.76 bits per heavy atom. The van der Waals surface area contributed by atoms with E-state index < -0.39 is 12.0 Å². The van der Waals surface area contributed by atoms with E-state index in [1.807, 2.05) is 0 Å². The molecule has 1 fully saturated rings. The van der Waals surface area contributed by atoms with E-state index in [2.05, 4.69) is 21.8 Å². The lowest BCUT2D eigenvalue weighted by Gasteiger charge is -2.32. The van der Waals surface area contributed by atoms with Crippen molar-refractivity contribution in [1.82, 2.24) is 9.88 Å². The third-order valence-corrected chi connectivity index (χ3v) is 4.97. The molecular weight excluding hydrogens is 312 g/mol. The second kappa shape index (κ2) is 7.40. The number of hydrogen-bond donors (Lipinski definition) is 1. The zero-order valence-electron chi connectivity index (χ0n) is 12.3. The lowest BCUT2D eigenvalue weighted by Crippen LogP contribution is -2.44. The van der Waals surface area contributed by atoms with Crippen molar-refractivity contribution in [3.8, 4) is 0 Å². The van der Waals surface area contributed by atoms with Gasteiger partial charge in [-0.25, -0.2) is 4.98 Å². The highest BCUT2D eigenvalue weighted by atomic mass is 35.5. The molecule has 1 unspecified atom stereocenters. The van der Waals surface area contributed by atoms with Gasteiger partial charge in [0.15, 0.2) is 5.13 Å². The topological polar surface area (TPSA) is 71.7 Å². The summed E-state index contributed by atoms with van der Waals surface area (Å²) in [6.45, 7) is 5.97. The Balaban J connectivity index is 2.00. The summed E-state index contributed by atoms with van der Waals surface area (Å²) in [4.78, 5) is 21.3. The van der Waals surface area contributed by atoms with E-state index in [-0.39, 0.29) is 0 Å². The minimum absolute atomic E-state index is 0.329. The minimum atomic E-state index is -0.691. The van der Waals surface area contributed by atoms with E-state index in [1.54, 1.807) is 6.92 Å². The molecule has 0 spiro atoms. The number of nitrogens with zero attached hydrogens (tertiary/aromatic N) is 3. The van der Waals surface area contributed by atoms with E-state index >= 15 is 0 Å². The number of carbonyl (C=O) groups is 1. The summed E-state index contributed by atoms with van der Waals surface area (Å²) in [5.41, 5.74) is 5.84. The van der Waals surface area contributed by atoms with Crippen LogP contribution in [0.3, 0.4) is 0 Å². The van der Waals surface area contributed by atoms with Crippen LogP contribution in [0.5, 0.6) is 0 Å². The van der Waals surface area contributed by atoms with Gasteiger partial charge in [-0.05, 0) is 14.0 Å². The number of esters is 1. The molecule has 1 aromatic heterocycles. The minimum Gasteiger partial charge on any atom is -0.465 e. The number of anilines is 1. The molecule has 0 amide bonds. The van der Waals surface area contributed by atoms with Crippen LogP contribution < -0.4 is 10.6 Å². The van der Waals surface area contributed by atoms with Gasteiger partial charge in [-0.3, -0.25) is 4.79 Å². The van der Waals surface area contributed by atoms with Crippen LogP contribution in [0.15, 0.2) is 0 Å². The monoisotopic (exact) mass is 332 g/mol. The zero-order chi connectivity index (χ0) is 15.4. The van der Waals surface area contributed by atoms with E-state index in [0.29, 0.717) is 18.2 Å². The maximum atomic E-state index is 11.6. The van der Waals surface area contributed by atoms with Crippen LogP contribution in [-0.2, 0) is 16.0 Å². The quantitative estimate of drug-likeness (QED) is 0.810. The molecule has 0 saturated carbocycles. The molecular formula is C13H21ClN4O2S. The van der Waals surface area contributed by atoms with Crippen molar-refractivity contribution in [2.24, 2.45) is 5.73 Å². The zero-order valence-corrected chi connectivity index (χ0v) is 13.9. The number of rotatable bonds is 5. The molecule has 8 heteroatoms. The van der Waals surface area contributed by atoms with Gasteiger partial charge < -0.3 is 20.3 Å². The second-order valence-electron chi connectivity index (χ2n) is 5.06. The van der Waals surface area contributed by atoms with Crippen molar-refractivity contribution in [2.75, 3.05) is 44.7 Å². The molecule has 2 N–H and O–H groups in total. The Bertz CT molecular complexity index is 489. The lowest BCUT2D eigenvalue weighted by atomic mass is 10.2. The third-order valence-electron chi connectivity index (χ3n) is 3.41. The Hall–Kier alpha value is -0.890. The van der Waals surface area contributed by atoms with Crippen molar-refractivity contribution >= 4 is 34.0 Å². The summed E-state index contributed by atoms with van der Waals surface area (Å²) < 4.78 is 4.91. The molecule has 0 bridgehead atoms. The van der Waals surface area contributed by atoms with Crippen LogP contribution in [0, 0.1) is 0 Å². The first kappa shape index (κ1) is 16.5. The van der Waals surface area contributed by atoms with Gasteiger partial charge >= 0.3 is 5.97 Å². The normalized spacial score (nSPS) is 17.8. The third kappa shape index (κ3) is 4.29. The van der Waals surface area contributed by atoms with Crippen molar-refractivity contribution in [2.45, 2.75) is 19.4 Å². The second-order valence-corrected chi connectivity index (χ2v) is 6.48. The summed E-state index contributed by atoms with van der Waals surface area (Å²) >= 11 is 7.68. The van der Waals surface area contributed by atoms with Crippen molar-refractivity contribution in [1.29, 1.82) is 0 Å². The summed E-state index contributed by atoms with van der Waals surface area (Å²) in [6, 6.07) is -0.691. The average Bonchev–Trinajstić information content (AvgIpc) is 2.81. The molecule has 1 aliphatic heterocycles. The standard InChI is InChI=1S/C13H21ClN4O2S/c1-3-20-12(19)9(15)8-10-11(14)16-13(21-10)18-6-4-17(2)5-7-18/h9H,3-8,15H2,1-2H3. The Labute approximate surface area is 133 Å². The van der Waals surface area contributed by atoms with Gasteiger partial charge in [0, 0.05) is 37.5 Å². The number of piperazine rings is 1. The molecule has 2 rings (SSSR count). The molecule has 1 atom stereocenters. The first-order valence-corrected chi connectivity index (χ1v) is 8.21. The fourth-order valence-corrected chi connectivity index (χ4v) is 3.50. The summed E-state index contributed by atoms with van der Waals surface area (Å²) in [7, 11) is 2.11. The van der Waals surface area contributed by atoms with Crippen LogP contribution in [0.4, 0.5) is 5.13 Å². The first-order chi connectivity index (χ1) is 10.0. The number of ether oxygens (including phenoxy) is 1. The summed E-state index contributed by atoms with van der Waals surface area (Å²) in [6.07, 6.45) is 0.364. The van der Waals surface area contributed by atoms with Crippen molar-refractivity contribution in [3.63, 3.8) is 0 Å². The van der Waals surface area contributed by atoms with Crippen LogP contribution in [0.1, 0.15) is 11.8 Å². The SMILES string of the molecule is CCOC(=O)C(N)Cc1sc(N2CCN(C)CC2)nc1Cl. The van der Waals surface area contributed by atoms with E-state index in [9.17, 15) is 4.79 Å². The van der Waals surface area contributed by atoms with Crippen molar-refractivity contribution < 1.29 is 9.53 Å². The van der Waals surface area contributed by atoms with Gasteiger partial charge in [-0.15, -0.1) is 11.3 Å². The smallest absolute Gasteiger partial charge is 0.323 e. The van der Waals surface area contributed by atoms with Gasteiger partial charge in [0.2, 0.25) is 0 Å². The molecule has 6 nitrogen and oxygen atoms in total. The molecule has 118 valence electrons. The number of likely N-dealkylation sites (N-methyl/N-ethyl adjacent to an activating group) is 1. The lowest BCUT2D eigenvalue weighted by molar-refractivity contribution is -0.144. The fraction of sp³-hybridized carbons (Fsp3) is 0.692. The molecule has 1 aromatic rings. The van der Waals surface area contributed by atoms with E-state index in [0.717, 1.165) is 36.2 Å². The van der Waals surface area contributed by atoms with E-state index in [4.69, 9.17) is 22.1 Å². The first-order valence-electron chi connectivity index (χ1n) is 7.02. The number of hydrogen-bond acceptors (Lipinski definition) is 7. The average molecular weight is 333 g/mol. The molecule has 0 aromatic carbocycles. The molecule has 2 heterocycles. The molecule has 0 radical (unpaired) electrons. The number of carbonyl (C=O) groups excluding carboxylic acids is 1. The maximum Gasteiger partial charge on any atom is 0.323 e. The highest BCUT2D eigenvalue weighted by Crippen LogP contribution is 2.31. The van der Waals surface area contributed by atoms with Gasteiger partial charge in [-0.2, -0.15) is 0 Å². The number of halogens is 1. The van der Waals surface area contributed by atoms with Crippen LogP contribution in [0.25, 0.3) is 0 Å². The summed E-state index contributed by atoms with van der Waals surface area (Å²) in [5.74, 6) is -0.400. The fourth-order valence-electron chi connectivity index (χ4n) is 2.11. The molecule has 1 saturated heterocycles. The molecule has 1 aliphatic rings. The van der Waals surface area contributed by atoms with Gasteiger partial charge in [0.05, 0.1) is 6.61 Å². The predicted octanol–water partition coefficient (Wildman–Crippen LogP) is 0.981. The van der Waals surface area contributed by atoms with Crippen LogP contribution in [0.2, 0.25) is 5.15 Å². The summed E-state index contributed by atoms with van der Waals surface area (Å²) in [5, 5.41) is 1.34. The molecule has 21 heavy (non-hydrogen) atoms. The Kier molecular flexibility index (Phi) is 5.80. The Morgan fingerprint density at radius 2 is 2.14 bits per heavy atom. The van der Waals surface area contributed by atoms with Gasteiger partial charge in [0.25, 0.3) is 0 Å². The van der Waals surface area contributed by atoms with E-state index in [1.165, 1.54) is 11.3 Å². The largest absolute Gasteiger partial charge is 0.465 e. The molecule has 0 aliphatic carbocycles. The van der Waals surface area contributed by atoms with Gasteiger partial charge in [0.1, 0.15) is 11.2 Å². The van der Waals surface area contributed by atoms with Crippen molar-refractivity contribution in [3.05, 3.63) is 10.0 Å². The van der Waals surface area contributed by atoms with Crippen LogP contribution >= 0.6 is 22.9 Å². The number of nitrogens with two attached hydrogens (primary N) is 1. The van der Waals surface area contributed by atoms with Crippen LogP contribution in [-0.4, -0.2) is 61.7 Å². The van der Waals surface area contributed by atoms with Gasteiger partial charge in [-0.1, -0.05) is 11.6 Å². The highest BCUT2D eigenvalue weighted by molar-refractivity contribution is 7.16. The number of thiazole rings is 1. The predicted molar refractivity (Wildman–Crippen MR) is 85.1 cm³/mol. The maximum absolute atomic E-state index is 11.6. The number of aromatic nitrogens is 1. The Morgan fingerprint density at radius 1 is 1.48 bits per heavy atom. The highest BCUT2D eigenvalue weighted by Gasteiger charge is 2.22.